The van der Waals surface area contributed by atoms with E-state index in [2.05, 4.69) is 40.3 Å². The number of nitrogens with zero attached hydrogens (tertiary/aromatic N) is 2. The molecule has 0 aliphatic rings. The lowest BCUT2D eigenvalue weighted by atomic mass is 10.1. The summed E-state index contributed by atoms with van der Waals surface area (Å²) in [5, 5.41) is 7.26. The molecule has 0 atom stereocenters. The van der Waals surface area contributed by atoms with E-state index in [-0.39, 0.29) is 0 Å². The van der Waals surface area contributed by atoms with Crippen molar-refractivity contribution in [1.29, 1.82) is 0 Å². The predicted octanol–water partition coefficient (Wildman–Crippen LogP) is 1.61. The molecule has 0 spiro atoms. The first kappa shape index (κ1) is 14.7. The van der Waals surface area contributed by atoms with Gasteiger partial charge in [-0.05, 0) is 18.7 Å². The van der Waals surface area contributed by atoms with Crippen LogP contribution in [-0.2, 0) is 17.9 Å². The van der Waals surface area contributed by atoms with E-state index >= 15 is 0 Å². The second kappa shape index (κ2) is 7.19. The van der Waals surface area contributed by atoms with Crippen molar-refractivity contribution < 1.29 is 4.74 Å². The minimum absolute atomic E-state index is 0.615. The molecule has 108 valence electrons. The monoisotopic (exact) mass is 274 g/mol. The molecule has 2 rings (SSSR count). The molecule has 1 aromatic heterocycles. The molecule has 20 heavy (non-hydrogen) atoms. The number of rotatable bonds is 7. The Labute approximate surface area is 119 Å². The Balaban J connectivity index is 2.20. The topological polar surface area (TPSA) is 67.2 Å². The van der Waals surface area contributed by atoms with Crippen LogP contribution in [0.3, 0.4) is 0 Å². The van der Waals surface area contributed by atoms with Crippen LogP contribution in [0.5, 0.6) is 0 Å². The van der Waals surface area contributed by atoms with Crippen LogP contribution < -0.4 is 5.73 Å². The number of nitrogens with one attached hydrogen (secondary N) is 1. The van der Waals surface area contributed by atoms with E-state index in [1.807, 2.05) is 12.3 Å². The van der Waals surface area contributed by atoms with Gasteiger partial charge in [0.2, 0.25) is 0 Å². The summed E-state index contributed by atoms with van der Waals surface area (Å²) in [6, 6.07) is 8.31. The number of nitrogens with two attached hydrogens (primary N) is 1. The molecule has 0 aliphatic heterocycles. The molecule has 1 aromatic carbocycles. The van der Waals surface area contributed by atoms with Crippen molar-refractivity contribution in [3.05, 3.63) is 41.6 Å². The zero-order chi connectivity index (χ0) is 14.4. The van der Waals surface area contributed by atoms with Crippen molar-refractivity contribution in [2.75, 3.05) is 27.2 Å². The van der Waals surface area contributed by atoms with Gasteiger partial charge >= 0.3 is 0 Å². The van der Waals surface area contributed by atoms with Crippen LogP contribution in [0.1, 0.15) is 11.1 Å². The third-order valence-electron chi connectivity index (χ3n) is 3.20. The van der Waals surface area contributed by atoms with E-state index in [9.17, 15) is 0 Å². The maximum Gasteiger partial charge on any atom is 0.0713 e. The summed E-state index contributed by atoms with van der Waals surface area (Å²) in [5.41, 5.74) is 10.1. The van der Waals surface area contributed by atoms with Crippen LogP contribution in [-0.4, -0.2) is 42.3 Å². The second-order valence-electron chi connectivity index (χ2n) is 4.93. The number of aromatic amines is 1. The molecule has 0 saturated carbocycles. The van der Waals surface area contributed by atoms with Gasteiger partial charge in [-0.2, -0.15) is 5.10 Å². The molecule has 0 unspecified atom stereocenters. The molecule has 0 bridgehead atoms. The van der Waals surface area contributed by atoms with Crippen LogP contribution in [0, 0.1) is 0 Å². The number of H-pyrrole nitrogens is 1. The van der Waals surface area contributed by atoms with Crippen LogP contribution >= 0.6 is 0 Å². The Kier molecular flexibility index (Phi) is 5.29. The summed E-state index contributed by atoms with van der Waals surface area (Å²) in [6.07, 6.45) is 1.88. The minimum Gasteiger partial charge on any atom is -0.380 e. The third kappa shape index (κ3) is 3.66. The Morgan fingerprint density at radius 1 is 1.40 bits per heavy atom. The molecule has 5 heteroatoms. The van der Waals surface area contributed by atoms with E-state index in [4.69, 9.17) is 10.5 Å². The van der Waals surface area contributed by atoms with Gasteiger partial charge in [-0.3, -0.25) is 5.10 Å². The summed E-state index contributed by atoms with van der Waals surface area (Å²) < 4.78 is 5.18. The number of aromatic nitrogens is 2. The van der Waals surface area contributed by atoms with Crippen LogP contribution in [0.2, 0.25) is 0 Å². The summed E-state index contributed by atoms with van der Waals surface area (Å²) in [6.45, 7) is 2.98. The summed E-state index contributed by atoms with van der Waals surface area (Å²) in [4.78, 5) is 2.19. The Hall–Kier alpha value is -1.69. The maximum atomic E-state index is 5.58. The van der Waals surface area contributed by atoms with E-state index in [1.165, 1.54) is 5.56 Å². The molecule has 5 nitrogen and oxygen atoms in total. The van der Waals surface area contributed by atoms with Gasteiger partial charge in [0.1, 0.15) is 0 Å². The van der Waals surface area contributed by atoms with Crippen molar-refractivity contribution >= 4 is 0 Å². The van der Waals surface area contributed by atoms with E-state index < -0.39 is 0 Å². The largest absolute Gasteiger partial charge is 0.380 e. The van der Waals surface area contributed by atoms with Gasteiger partial charge in [-0.1, -0.05) is 18.2 Å². The lowest BCUT2D eigenvalue weighted by molar-refractivity contribution is 0.185. The lowest BCUT2D eigenvalue weighted by Gasteiger charge is -2.15. The molecule has 0 radical (unpaired) electrons. The highest BCUT2D eigenvalue weighted by atomic mass is 16.5. The predicted molar refractivity (Wildman–Crippen MR) is 80.1 cm³/mol. The van der Waals surface area contributed by atoms with Crippen molar-refractivity contribution in [2.24, 2.45) is 5.73 Å². The third-order valence-corrected chi connectivity index (χ3v) is 3.20. The molecule has 2 aromatic rings. The van der Waals surface area contributed by atoms with E-state index in [0.29, 0.717) is 13.2 Å². The first-order valence-corrected chi connectivity index (χ1v) is 6.73. The van der Waals surface area contributed by atoms with Crippen molar-refractivity contribution in [2.45, 2.75) is 13.2 Å². The standard InChI is InChI=1S/C15H22N4O/c1-19(7-6-16)10-14-9-17-18-15(14)13-5-3-4-12(8-13)11-20-2/h3-5,8-9H,6-7,10-11,16H2,1-2H3,(H,17,18). The fourth-order valence-electron chi connectivity index (χ4n) is 2.25. The van der Waals surface area contributed by atoms with Gasteiger partial charge in [0.05, 0.1) is 18.5 Å². The van der Waals surface area contributed by atoms with Gasteiger partial charge in [-0.25, -0.2) is 0 Å². The number of benzene rings is 1. The SMILES string of the molecule is COCc1cccc(-c2[nH]ncc2CN(C)CCN)c1. The Morgan fingerprint density at radius 2 is 2.25 bits per heavy atom. The zero-order valence-corrected chi connectivity index (χ0v) is 12.1. The van der Waals surface area contributed by atoms with Crippen LogP contribution in [0.25, 0.3) is 11.3 Å². The normalized spacial score (nSPS) is 11.2. The molecule has 0 saturated heterocycles. The van der Waals surface area contributed by atoms with Crippen molar-refractivity contribution in [3.8, 4) is 11.3 Å². The van der Waals surface area contributed by atoms with Gasteiger partial charge < -0.3 is 15.4 Å². The summed E-state index contributed by atoms with van der Waals surface area (Å²) in [5.74, 6) is 0. The van der Waals surface area contributed by atoms with Gasteiger partial charge in [-0.15, -0.1) is 0 Å². The Bertz CT molecular complexity index is 538. The van der Waals surface area contributed by atoms with E-state index in [0.717, 1.165) is 29.9 Å². The maximum absolute atomic E-state index is 5.58. The summed E-state index contributed by atoms with van der Waals surface area (Å²) >= 11 is 0. The van der Waals surface area contributed by atoms with Crippen LogP contribution in [0.15, 0.2) is 30.5 Å². The molecule has 0 fully saturated rings. The average molecular weight is 274 g/mol. The van der Waals surface area contributed by atoms with Crippen molar-refractivity contribution in [3.63, 3.8) is 0 Å². The number of hydrogen-bond acceptors (Lipinski definition) is 4. The summed E-state index contributed by atoms with van der Waals surface area (Å²) in [7, 11) is 3.76. The number of ether oxygens (including phenoxy) is 1. The molecular weight excluding hydrogens is 252 g/mol. The van der Waals surface area contributed by atoms with Gasteiger partial charge in [0.25, 0.3) is 0 Å². The fourth-order valence-corrected chi connectivity index (χ4v) is 2.25. The highest BCUT2D eigenvalue weighted by molar-refractivity contribution is 5.63. The smallest absolute Gasteiger partial charge is 0.0713 e. The van der Waals surface area contributed by atoms with Gasteiger partial charge in [0, 0.05) is 37.9 Å². The molecule has 3 N–H and O–H groups in total. The Morgan fingerprint density at radius 3 is 3.00 bits per heavy atom. The quantitative estimate of drug-likeness (QED) is 0.805. The number of methoxy groups -OCH3 is 1. The van der Waals surface area contributed by atoms with Crippen LogP contribution in [0.4, 0.5) is 0 Å². The zero-order valence-electron chi connectivity index (χ0n) is 12.1. The fraction of sp³-hybridized carbons (Fsp3) is 0.400. The number of likely N-dealkylation sites (N-methyl/N-ethyl adjacent to an activating group) is 1. The lowest BCUT2D eigenvalue weighted by Crippen LogP contribution is -2.25. The molecule has 0 aliphatic carbocycles. The molecular formula is C15H22N4O. The average Bonchev–Trinajstić information content (AvgIpc) is 2.88. The van der Waals surface area contributed by atoms with Gasteiger partial charge in [0.15, 0.2) is 0 Å². The molecule has 0 amide bonds. The highest BCUT2D eigenvalue weighted by Crippen LogP contribution is 2.23. The molecule has 1 heterocycles. The second-order valence-corrected chi connectivity index (χ2v) is 4.93. The first-order chi connectivity index (χ1) is 9.74. The number of hydrogen-bond donors (Lipinski definition) is 2. The van der Waals surface area contributed by atoms with Crippen molar-refractivity contribution in [1.82, 2.24) is 15.1 Å². The first-order valence-electron chi connectivity index (χ1n) is 6.73. The minimum atomic E-state index is 0.615. The highest BCUT2D eigenvalue weighted by Gasteiger charge is 2.10. The van der Waals surface area contributed by atoms with E-state index in [1.54, 1.807) is 7.11 Å².